The molecule has 2 atom stereocenters. The molecule has 44 heavy (non-hydrogen) atoms. The van der Waals surface area contributed by atoms with Crippen molar-refractivity contribution in [3.8, 4) is 0 Å². The minimum absolute atomic E-state index is 0.0765. The number of aryl methyl sites for hydroxylation is 1. The van der Waals surface area contributed by atoms with Gasteiger partial charge in [-0.2, -0.15) is 5.10 Å². The van der Waals surface area contributed by atoms with Gasteiger partial charge in [-0.3, -0.25) is 19.5 Å². The fraction of sp³-hybridized carbons (Fsp3) is 0.324. The zero-order chi connectivity index (χ0) is 30.4. The summed E-state index contributed by atoms with van der Waals surface area (Å²) in [5.41, 5.74) is 6.34. The third kappa shape index (κ3) is 4.94. The second kappa shape index (κ2) is 11.0. The summed E-state index contributed by atoms with van der Waals surface area (Å²) in [7, 11) is 1.76. The van der Waals surface area contributed by atoms with Crippen molar-refractivity contribution in [2.75, 3.05) is 32.1 Å². The Morgan fingerprint density at radius 2 is 1.93 bits per heavy atom. The Labute approximate surface area is 254 Å². The number of aromatic amines is 1. The SMILES string of the molecule is Cc1cc(CC2NC(=O)c3ccc4c(c3)CC3(C4)C(=O)Nc4ncc(cc43)C=CCOCCCN(C)C2=O)cc2cn[nH]c12. The highest BCUT2D eigenvalue weighted by Crippen LogP contribution is 2.47. The van der Waals surface area contributed by atoms with E-state index in [1.54, 1.807) is 30.4 Å². The lowest BCUT2D eigenvalue weighted by molar-refractivity contribution is -0.132. The van der Waals surface area contributed by atoms with Gasteiger partial charge in [0.25, 0.3) is 5.91 Å². The Kier molecular flexibility index (Phi) is 7.01. The maximum atomic E-state index is 13.8. The van der Waals surface area contributed by atoms with Crippen LogP contribution >= 0.6 is 0 Å². The standard InChI is InChI=1S/C34H34N6O4/c1-20-11-22(12-26-19-36-39-29(20)26)14-28-32(42)40(2)8-4-10-44-9-3-5-21-13-27-30(35-18-21)38-33(43)34(27)16-24-7-6-23(31(41)37-28)15-25(24)17-34/h3,5-7,11-13,15,18-19,28H,4,8-10,14,16-17H2,1-2H3,(H,36,39)(H,37,41)(H,35,38,43). The topological polar surface area (TPSA) is 129 Å². The Morgan fingerprint density at radius 1 is 1.07 bits per heavy atom. The number of nitrogens with one attached hydrogen (secondary N) is 3. The number of anilines is 1. The summed E-state index contributed by atoms with van der Waals surface area (Å²) in [4.78, 5) is 47.1. The number of benzene rings is 2. The van der Waals surface area contributed by atoms with Crippen LogP contribution in [0, 0.1) is 6.92 Å². The quantitative estimate of drug-likeness (QED) is 0.328. The van der Waals surface area contributed by atoms with Crippen LogP contribution in [0.4, 0.5) is 5.82 Å². The number of likely N-dealkylation sites (N-methyl/N-ethyl adjacent to an activating group) is 1. The number of amides is 3. The number of hydrogen-bond donors (Lipinski definition) is 3. The molecule has 3 aliphatic rings. The smallest absolute Gasteiger partial charge is 0.251 e. The van der Waals surface area contributed by atoms with E-state index >= 15 is 0 Å². The molecule has 3 N–H and O–H groups in total. The predicted octanol–water partition coefficient (Wildman–Crippen LogP) is 3.49. The zero-order valence-corrected chi connectivity index (χ0v) is 24.8. The lowest BCUT2D eigenvalue weighted by atomic mass is 9.79. The van der Waals surface area contributed by atoms with Crippen LogP contribution < -0.4 is 10.6 Å². The summed E-state index contributed by atoms with van der Waals surface area (Å²) in [6, 6.07) is 10.9. The van der Waals surface area contributed by atoms with E-state index in [0.29, 0.717) is 56.8 Å². The first-order valence-electron chi connectivity index (χ1n) is 15.0. The van der Waals surface area contributed by atoms with Crippen molar-refractivity contribution in [1.82, 2.24) is 25.4 Å². The number of pyridine rings is 1. The van der Waals surface area contributed by atoms with Gasteiger partial charge in [0.2, 0.25) is 11.8 Å². The van der Waals surface area contributed by atoms with Gasteiger partial charge in [0, 0.05) is 49.3 Å². The first-order chi connectivity index (χ1) is 21.3. The number of aromatic nitrogens is 3. The molecular formula is C34H34N6O4. The Bertz CT molecular complexity index is 1840. The highest BCUT2D eigenvalue weighted by molar-refractivity contribution is 6.06. The fourth-order valence-corrected chi connectivity index (χ4v) is 6.78. The van der Waals surface area contributed by atoms with E-state index in [1.165, 1.54) is 0 Å². The molecule has 2 aromatic heterocycles. The van der Waals surface area contributed by atoms with E-state index in [1.807, 2.05) is 49.4 Å². The highest BCUT2D eigenvalue weighted by atomic mass is 16.5. The molecule has 3 amide bonds. The van der Waals surface area contributed by atoms with Crippen LogP contribution in [0.5, 0.6) is 0 Å². The number of rotatable bonds is 2. The predicted molar refractivity (Wildman–Crippen MR) is 166 cm³/mol. The lowest BCUT2D eigenvalue weighted by Crippen LogP contribution is -2.49. The van der Waals surface area contributed by atoms with Gasteiger partial charge < -0.3 is 20.3 Å². The lowest BCUT2D eigenvalue weighted by Gasteiger charge is -2.25. The average Bonchev–Trinajstić information content (AvgIpc) is 3.71. The maximum Gasteiger partial charge on any atom is 0.251 e. The summed E-state index contributed by atoms with van der Waals surface area (Å²) in [5, 5.41) is 14.1. The van der Waals surface area contributed by atoms with E-state index < -0.39 is 11.5 Å². The molecule has 0 saturated heterocycles. The van der Waals surface area contributed by atoms with E-state index in [2.05, 4.69) is 25.8 Å². The molecule has 2 aromatic carbocycles. The van der Waals surface area contributed by atoms with Gasteiger partial charge >= 0.3 is 0 Å². The van der Waals surface area contributed by atoms with Crippen LogP contribution in [-0.2, 0) is 39.0 Å². The van der Waals surface area contributed by atoms with Gasteiger partial charge in [-0.1, -0.05) is 24.3 Å². The van der Waals surface area contributed by atoms with E-state index in [9.17, 15) is 14.4 Å². The molecule has 2 aliphatic heterocycles. The molecule has 0 fully saturated rings. The maximum absolute atomic E-state index is 13.8. The van der Waals surface area contributed by atoms with Crippen LogP contribution in [-0.4, -0.2) is 70.7 Å². The van der Waals surface area contributed by atoms with Crippen LogP contribution in [0.1, 0.15) is 50.2 Å². The largest absolute Gasteiger partial charge is 0.377 e. The van der Waals surface area contributed by atoms with Crippen LogP contribution in [0.15, 0.2) is 54.9 Å². The summed E-state index contributed by atoms with van der Waals surface area (Å²) in [6.07, 6.45) is 9.38. The van der Waals surface area contributed by atoms with E-state index in [0.717, 1.165) is 44.3 Å². The van der Waals surface area contributed by atoms with E-state index in [-0.39, 0.29) is 17.7 Å². The van der Waals surface area contributed by atoms with Crippen molar-refractivity contribution >= 4 is 40.5 Å². The zero-order valence-electron chi connectivity index (χ0n) is 24.8. The highest BCUT2D eigenvalue weighted by Gasteiger charge is 2.51. The summed E-state index contributed by atoms with van der Waals surface area (Å²) in [5.74, 6) is 0.0154. The van der Waals surface area contributed by atoms with E-state index in [4.69, 9.17) is 4.74 Å². The number of hydrogen-bond acceptors (Lipinski definition) is 6. The average molecular weight is 591 g/mol. The molecule has 1 spiro atoms. The number of carbonyl (C=O) groups excluding carboxylic acids is 3. The molecule has 5 bridgehead atoms. The molecule has 7 rings (SSSR count). The molecule has 10 heteroatoms. The first kappa shape index (κ1) is 28.0. The van der Waals surface area contributed by atoms with Crippen LogP contribution in [0.2, 0.25) is 0 Å². The second-order valence-corrected chi connectivity index (χ2v) is 12.1. The number of H-pyrrole nitrogens is 1. The minimum atomic E-state index is -0.776. The Hall–Kier alpha value is -4.83. The van der Waals surface area contributed by atoms with Gasteiger partial charge in [0.15, 0.2) is 0 Å². The van der Waals surface area contributed by atoms with Gasteiger partial charge in [0.05, 0.1) is 23.7 Å². The fourth-order valence-electron chi connectivity index (χ4n) is 6.78. The Morgan fingerprint density at radius 3 is 2.82 bits per heavy atom. The molecule has 0 saturated carbocycles. The van der Waals surface area contributed by atoms with Crippen LogP contribution in [0.3, 0.4) is 0 Å². The number of carbonyl (C=O) groups is 3. The summed E-state index contributed by atoms with van der Waals surface area (Å²) >= 11 is 0. The first-order valence-corrected chi connectivity index (χ1v) is 15.0. The molecule has 224 valence electrons. The number of fused-ring (bicyclic) bond motifs is 3. The summed E-state index contributed by atoms with van der Waals surface area (Å²) in [6.45, 7) is 3.39. The second-order valence-electron chi connectivity index (χ2n) is 12.1. The number of nitrogens with zero attached hydrogens (tertiary/aromatic N) is 3. The minimum Gasteiger partial charge on any atom is -0.377 e. The molecule has 4 heterocycles. The van der Waals surface area contributed by atoms with Gasteiger partial charge in [0.1, 0.15) is 11.9 Å². The van der Waals surface area contributed by atoms with Crippen molar-refractivity contribution in [1.29, 1.82) is 0 Å². The van der Waals surface area contributed by atoms with Crippen molar-refractivity contribution in [2.45, 2.75) is 44.1 Å². The molecule has 1 aliphatic carbocycles. The van der Waals surface area contributed by atoms with Crippen molar-refractivity contribution in [2.24, 2.45) is 0 Å². The van der Waals surface area contributed by atoms with Gasteiger partial charge in [-0.15, -0.1) is 0 Å². The van der Waals surface area contributed by atoms with Gasteiger partial charge in [-0.25, -0.2) is 4.98 Å². The molecule has 2 unspecified atom stereocenters. The Balaban J connectivity index is 1.22. The molecule has 4 aromatic rings. The monoisotopic (exact) mass is 590 g/mol. The van der Waals surface area contributed by atoms with Crippen molar-refractivity contribution in [3.05, 3.63) is 93.8 Å². The normalized spacial score (nSPS) is 22.0. The summed E-state index contributed by atoms with van der Waals surface area (Å²) < 4.78 is 5.80. The molecule has 0 radical (unpaired) electrons. The van der Waals surface area contributed by atoms with Crippen LogP contribution in [0.25, 0.3) is 17.0 Å². The van der Waals surface area contributed by atoms with Crippen molar-refractivity contribution < 1.29 is 19.1 Å². The molecule has 10 nitrogen and oxygen atoms in total. The van der Waals surface area contributed by atoms with Gasteiger partial charge in [-0.05, 0) is 78.3 Å². The van der Waals surface area contributed by atoms with Crippen molar-refractivity contribution in [3.63, 3.8) is 0 Å². The third-order valence-corrected chi connectivity index (χ3v) is 9.08. The molecular weight excluding hydrogens is 556 g/mol. The third-order valence-electron chi connectivity index (χ3n) is 9.08. The number of ether oxygens (including phenoxy) is 1.